The number of carbonyl (C=O) groups excluding carboxylic acids is 2. The quantitative estimate of drug-likeness (QED) is 0.613. The predicted octanol–water partition coefficient (Wildman–Crippen LogP) is 3.89. The number of hydrogen-bond acceptors (Lipinski definition) is 4. The van der Waals surface area contributed by atoms with Gasteiger partial charge in [-0.2, -0.15) is 0 Å². The van der Waals surface area contributed by atoms with E-state index < -0.39 is 6.17 Å². The average molecular weight is 408 g/mol. The van der Waals surface area contributed by atoms with Gasteiger partial charge in [0.1, 0.15) is 11.9 Å². The van der Waals surface area contributed by atoms with Crippen LogP contribution in [0.2, 0.25) is 5.02 Å². The van der Waals surface area contributed by atoms with Crippen LogP contribution in [0.1, 0.15) is 27.7 Å². The molecule has 1 heterocycles. The maximum Gasteiger partial charge on any atom is 0.276 e. The number of benzene rings is 3. The Morgan fingerprint density at radius 1 is 1.07 bits per heavy atom. The second-order valence-corrected chi connectivity index (χ2v) is 7.14. The molecule has 0 radical (unpaired) electrons. The first-order valence-corrected chi connectivity index (χ1v) is 9.41. The van der Waals surface area contributed by atoms with Gasteiger partial charge in [-0.05, 0) is 41.5 Å². The first kappa shape index (κ1) is 18.8. The molecule has 3 aromatic rings. The molecule has 0 fully saturated rings. The number of carbonyl (C=O) groups is 2. The van der Waals surface area contributed by atoms with E-state index in [0.717, 1.165) is 5.56 Å². The number of anilines is 1. The summed E-state index contributed by atoms with van der Waals surface area (Å²) in [4.78, 5) is 25.8. The summed E-state index contributed by atoms with van der Waals surface area (Å²) in [6, 6.07) is 20.7. The first-order chi connectivity index (χ1) is 14.0. The Kier molecular flexibility index (Phi) is 5.10. The molecule has 3 aromatic carbocycles. The van der Waals surface area contributed by atoms with Crippen molar-refractivity contribution in [3.05, 3.63) is 94.5 Å². The van der Waals surface area contributed by atoms with E-state index in [4.69, 9.17) is 11.6 Å². The minimum Gasteiger partial charge on any atom is -0.508 e. The van der Waals surface area contributed by atoms with E-state index in [1.807, 2.05) is 30.3 Å². The predicted molar refractivity (Wildman–Crippen MR) is 110 cm³/mol. The van der Waals surface area contributed by atoms with Gasteiger partial charge in [-0.3, -0.25) is 15.0 Å². The highest BCUT2D eigenvalue weighted by Gasteiger charge is 2.34. The number of fused-ring (bicyclic) bond motifs is 1. The zero-order valence-electron chi connectivity index (χ0n) is 15.3. The van der Waals surface area contributed by atoms with Crippen molar-refractivity contribution in [2.75, 3.05) is 5.32 Å². The molecule has 1 atom stereocenters. The Balaban J connectivity index is 1.65. The third-order valence-electron chi connectivity index (χ3n) is 4.64. The van der Waals surface area contributed by atoms with Gasteiger partial charge in [0, 0.05) is 10.7 Å². The van der Waals surface area contributed by atoms with Crippen molar-refractivity contribution in [1.82, 2.24) is 10.4 Å². The smallest absolute Gasteiger partial charge is 0.276 e. The highest BCUT2D eigenvalue weighted by molar-refractivity contribution is 6.31. The normalized spacial score (nSPS) is 15.4. The number of nitrogens with one attached hydrogen (secondary N) is 2. The summed E-state index contributed by atoms with van der Waals surface area (Å²) in [6.07, 6.45) is -0.508. The molecule has 3 N–H and O–H groups in total. The van der Waals surface area contributed by atoms with Crippen LogP contribution < -0.4 is 10.7 Å². The van der Waals surface area contributed by atoms with Crippen molar-refractivity contribution in [3.8, 4) is 5.75 Å². The number of amides is 2. The lowest BCUT2D eigenvalue weighted by Crippen LogP contribution is -2.53. The molecule has 7 heteroatoms. The van der Waals surface area contributed by atoms with Gasteiger partial charge in [-0.1, -0.05) is 54.1 Å². The van der Waals surface area contributed by atoms with Crippen molar-refractivity contribution in [2.45, 2.75) is 12.6 Å². The Morgan fingerprint density at radius 3 is 2.52 bits per heavy atom. The third-order valence-corrected chi connectivity index (χ3v) is 4.88. The molecule has 29 heavy (non-hydrogen) atoms. The molecule has 1 aliphatic rings. The Labute approximate surface area is 172 Å². The van der Waals surface area contributed by atoms with Gasteiger partial charge in [0.2, 0.25) is 5.91 Å². The molecule has 0 saturated heterocycles. The van der Waals surface area contributed by atoms with Crippen LogP contribution in [-0.4, -0.2) is 21.9 Å². The molecule has 0 saturated carbocycles. The largest absolute Gasteiger partial charge is 0.508 e. The number of nitrogens with zero attached hydrogens (tertiary/aromatic N) is 1. The zero-order chi connectivity index (χ0) is 20.4. The summed E-state index contributed by atoms with van der Waals surface area (Å²) in [5.74, 6) is -0.580. The van der Waals surface area contributed by atoms with Crippen LogP contribution >= 0.6 is 11.6 Å². The van der Waals surface area contributed by atoms with Gasteiger partial charge in [0.05, 0.1) is 12.0 Å². The van der Waals surface area contributed by atoms with E-state index in [2.05, 4.69) is 10.7 Å². The Bertz CT molecular complexity index is 1050. The maximum absolute atomic E-state index is 13.2. The fraction of sp³-hybridized carbons (Fsp3) is 0.0909. The van der Waals surface area contributed by atoms with Crippen LogP contribution in [0, 0.1) is 0 Å². The standard InChI is InChI=1S/C22H18ClN3O3/c23-16-8-11-19-18(13-16)22(29)26(21(24-19)15-6-9-17(27)10-7-15)25-20(28)12-14-4-2-1-3-5-14/h1-11,13,21,24,27H,12H2,(H,25,28). The van der Waals surface area contributed by atoms with Crippen molar-refractivity contribution < 1.29 is 14.7 Å². The summed E-state index contributed by atoms with van der Waals surface area (Å²) >= 11 is 6.06. The monoisotopic (exact) mass is 407 g/mol. The average Bonchev–Trinajstić information content (AvgIpc) is 2.72. The Hall–Kier alpha value is -3.51. The molecule has 4 rings (SSSR count). The molecular weight excluding hydrogens is 390 g/mol. The van der Waals surface area contributed by atoms with Gasteiger partial charge in [0.25, 0.3) is 5.91 Å². The highest BCUT2D eigenvalue weighted by atomic mass is 35.5. The molecule has 2 amide bonds. The van der Waals surface area contributed by atoms with Crippen LogP contribution in [-0.2, 0) is 11.2 Å². The third kappa shape index (κ3) is 4.02. The number of hydrogen-bond donors (Lipinski definition) is 3. The highest BCUT2D eigenvalue weighted by Crippen LogP contribution is 2.34. The summed E-state index contributed by atoms with van der Waals surface area (Å²) in [5.41, 5.74) is 5.25. The van der Waals surface area contributed by atoms with Crippen molar-refractivity contribution >= 4 is 29.1 Å². The number of aromatic hydroxyl groups is 1. The van der Waals surface area contributed by atoms with E-state index >= 15 is 0 Å². The molecule has 0 aliphatic carbocycles. The summed E-state index contributed by atoms with van der Waals surface area (Å²) < 4.78 is 0. The van der Waals surface area contributed by atoms with Gasteiger partial charge in [-0.25, -0.2) is 5.01 Å². The minimum absolute atomic E-state index is 0.114. The molecule has 1 unspecified atom stereocenters. The van der Waals surface area contributed by atoms with Crippen LogP contribution in [0.5, 0.6) is 5.75 Å². The number of phenolic OH excluding ortho intramolecular Hbond substituents is 1. The molecular formula is C22H18ClN3O3. The molecule has 6 nitrogen and oxygen atoms in total. The Morgan fingerprint density at radius 2 is 1.79 bits per heavy atom. The van der Waals surface area contributed by atoms with E-state index in [1.165, 1.54) is 17.1 Å². The molecule has 0 aromatic heterocycles. The van der Waals surface area contributed by atoms with Gasteiger partial charge < -0.3 is 10.4 Å². The van der Waals surface area contributed by atoms with Crippen LogP contribution in [0.3, 0.4) is 0 Å². The van der Waals surface area contributed by atoms with Gasteiger partial charge >= 0.3 is 0 Å². The van der Waals surface area contributed by atoms with E-state index in [0.29, 0.717) is 21.8 Å². The van der Waals surface area contributed by atoms with Crippen LogP contribution in [0.15, 0.2) is 72.8 Å². The topological polar surface area (TPSA) is 81.7 Å². The van der Waals surface area contributed by atoms with E-state index in [1.54, 1.807) is 30.3 Å². The molecule has 146 valence electrons. The summed E-state index contributed by atoms with van der Waals surface area (Å²) in [5, 5.41) is 14.5. The van der Waals surface area contributed by atoms with Gasteiger partial charge in [0.15, 0.2) is 0 Å². The lowest BCUT2D eigenvalue weighted by Gasteiger charge is -2.37. The van der Waals surface area contributed by atoms with Gasteiger partial charge in [-0.15, -0.1) is 0 Å². The fourth-order valence-electron chi connectivity index (χ4n) is 3.24. The van der Waals surface area contributed by atoms with Crippen LogP contribution in [0.25, 0.3) is 0 Å². The number of rotatable bonds is 4. The second kappa shape index (κ2) is 7.85. The number of hydrazine groups is 1. The van der Waals surface area contributed by atoms with E-state index in [9.17, 15) is 14.7 Å². The van der Waals surface area contributed by atoms with Crippen LogP contribution in [0.4, 0.5) is 5.69 Å². The lowest BCUT2D eigenvalue weighted by molar-refractivity contribution is -0.125. The van der Waals surface area contributed by atoms with Crippen molar-refractivity contribution in [1.29, 1.82) is 0 Å². The van der Waals surface area contributed by atoms with Crippen molar-refractivity contribution in [2.24, 2.45) is 0 Å². The molecule has 0 bridgehead atoms. The lowest BCUT2D eigenvalue weighted by atomic mass is 10.0. The first-order valence-electron chi connectivity index (χ1n) is 9.03. The maximum atomic E-state index is 13.2. The number of phenols is 1. The van der Waals surface area contributed by atoms with E-state index in [-0.39, 0.29) is 24.0 Å². The minimum atomic E-state index is -0.642. The second-order valence-electron chi connectivity index (χ2n) is 6.70. The summed E-state index contributed by atoms with van der Waals surface area (Å²) in [7, 11) is 0. The SMILES string of the molecule is O=C(Cc1ccccc1)NN1C(=O)c2cc(Cl)ccc2NC1c1ccc(O)cc1. The molecule has 1 aliphatic heterocycles. The summed E-state index contributed by atoms with van der Waals surface area (Å²) in [6.45, 7) is 0. The number of halogens is 1. The van der Waals surface area contributed by atoms with Crippen molar-refractivity contribution in [3.63, 3.8) is 0 Å². The zero-order valence-corrected chi connectivity index (χ0v) is 16.1. The fourth-order valence-corrected chi connectivity index (χ4v) is 3.41. The molecule has 0 spiro atoms.